The van der Waals surface area contributed by atoms with Crippen LogP contribution in [0.2, 0.25) is 0 Å². The van der Waals surface area contributed by atoms with Gasteiger partial charge in [-0.25, -0.2) is 4.79 Å². The molecule has 0 spiro atoms. The van der Waals surface area contributed by atoms with Crippen molar-refractivity contribution in [3.8, 4) is 0 Å². The Morgan fingerprint density at radius 2 is 1.93 bits per heavy atom. The van der Waals surface area contributed by atoms with Crippen LogP contribution in [-0.2, 0) is 19.1 Å². The number of aliphatic hydroxyl groups excluding tert-OH is 2. The lowest BCUT2D eigenvalue weighted by Gasteiger charge is -1.88. The van der Waals surface area contributed by atoms with Crippen molar-refractivity contribution in [3.63, 3.8) is 0 Å². The third-order valence-electron chi connectivity index (χ3n) is 1.75. The molecular formula is C8H12O6. The molecule has 6 heteroatoms. The second-order valence-corrected chi connectivity index (χ2v) is 3.01. The maximum atomic E-state index is 10.1. The fourth-order valence-corrected chi connectivity index (χ4v) is 0.985. The second-order valence-electron chi connectivity index (χ2n) is 3.01. The molecule has 2 aliphatic rings. The van der Waals surface area contributed by atoms with Gasteiger partial charge in [-0.2, -0.15) is 0 Å². The SMILES string of the molecule is O=C1CC(O)CO1.O=C1OCCC1O. The van der Waals surface area contributed by atoms with Gasteiger partial charge in [-0.05, 0) is 0 Å². The first kappa shape index (κ1) is 10.9. The second kappa shape index (κ2) is 4.92. The molecule has 0 amide bonds. The Bertz CT molecular complexity index is 226. The molecule has 2 N–H and O–H groups in total. The number of aliphatic hydroxyl groups is 2. The fourth-order valence-electron chi connectivity index (χ4n) is 0.985. The van der Waals surface area contributed by atoms with E-state index in [1.165, 1.54) is 0 Å². The number of hydrogen-bond acceptors (Lipinski definition) is 6. The summed E-state index contributed by atoms with van der Waals surface area (Å²) in [6.45, 7) is 0.554. The van der Waals surface area contributed by atoms with Gasteiger partial charge in [0.05, 0.1) is 19.1 Å². The molecule has 2 atom stereocenters. The summed E-state index contributed by atoms with van der Waals surface area (Å²) in [4.78, 5) is 20.2. The number of carbonyl (C=O) groups excluding carboxylic acids is 2. The van der Waals surface area contributed by atoms with Gasteiger partial charge in [-0.15, -0.1) is 0 Å². The first-order valence-corrected chi connectivity index (χ1v) is 4.28. The van der Waals surface area contributed by atoms with Crippen molar-refractivity contribution in [1.29, 1.82) is 0 Å². The Kier molecular flexibility index (Phi) is 3.84. The number of esters is 2. The Morgan fingerprint density at radius 3 is 2.07 bits per heavy atom. The zero-order valence-electron chi connectivity index (χ0n) is 7.51. The normalized spacial score (nSPS) is 30.4. The number of ether oxygens (including phenoxy) is 2. The molecule has 2 unspecified atom stereocenters. The van der Waals surface area contributed by atoms with Crippen LogP contribution in [0.4, 0.5) is 0 Å². The molecule has 0 aliphatic carbocycles. The Labute approximate surface area is 80.4 Å². The molecule has 6 nitrogen and oxygen atoms in total. The van der Waals surface area contributed by atoms with E-state index in [4.69, 9.17) is 10.2 Å². The van der Waals surface area contributed by atoms with Crippen LogP contribution in [0.1, 0.15) is 12.8 Å². The van der Waals surface area contributed by atoms with Gasteiger partial charge < -0.3 is 19.7 Å². The number of cyclic esters (lactones) is 2. The monoisotopic (exact) mass is 204 g/mol. The molecule has 2 fully saturated rings. The Hall–Kier alpha value is -1.14. The van der Waals surface area contributed by atoms with E-state index in [0.29, 0.717) is 13.0 Å². The minimum absolute atomic E-state index is 0.167. The standard InChI is InChI=1S/2C4H6O3/c5-3-1-4(6)7-2-3;5-3-1-2-7-4(3)6/h2*3,5H,1-2H2. The molecule has 0 saturated carbocycles. The van der Waals surface area contributed by atoms with Crippen LogP contribution in [0, 0.1) is 0 Å². The molecule has 2 saturated heterocycles. The largest absolute Gasteiger partial charge is 0.464 e. The molecule has 0 radical (unpaired) electrons. The minimum atomic E-state index is -0.847. The summed E-state index contributed by atoms with van der Waals surface area (Å²) in [7, 11) is 0. The van der Waals surface area contributed by atoms with Crippen LogP contribution in [0.15, 0.2) is 0 Å². The van der Waals surface area contributed by atoms with E-state index in [9.17, 15) is 9.59 Å². The van der Waals surface area contributed by atoms with E-state index >= 15 is 0 Å². The highest BCUT2D eigenvalue weighted by molar-refractivity contribution is 5.75. The maximum Gasteiger partial charge on any atom is 0.335 e. The molecule has 14 heavy (non-hydrogen) atoms. The third kappa shape index (κ3) is 3.31. The van der Waals surface area contributed by atoms with Crippen molar-refractivity contribution in [3.05, 3.63) is 0 Å². The van der Waals surface area contributed by atoms with Crippen LogP contribution >= 0.6 is 0 Å². The van der Waals surface area contributed by atoms with Crippen LogP contribution < -0.4 is 0 Å². The summed E-state index contributed by atoms with van der Waals surface area (Å²) in [6, 6.07) is 0. The van der Waals surface area contributed by atoms with Crippen molar-refractivity contribution in [2.75, 3.05) is 13.2 Å². The summed E-state index contributed by atoms with van der Waals surface area (Å²) < 4.78 is 8.75. The van der Waals surface area contributed by atoms with Gasteiger partial charge in [0.2, 0.25) is 0 Å². The highest BCUT2D eigenvalue weighted by Gasteiger charge is 2.22. The van der Waals surface area contributed by atoms with Crippen molar-refractivity contribution >= 4 is 11.9 Å². The number of hydrogen-bond donors (Lipinski definition) is 2. The lowest BCUT2D eigenvalue weighted by atomic mass is 10.3. The smallest absolute Gasteiger partial charge is 0.335 e. The summed E-state index contributed by atoms with van der Waals surface area (Å²) in [6.07, 6.45) is -0.772. The van der Waals surface area contributed by atoms with Crippen LogP contribution in [-0.4, -0.2) is 47.6 Å². The molecule has 0 bridgehead atoms. The Morgan fingerprint density at radius 1 is 1.21 bits per heavy atom. The fraction of sp³-hybridized carbons (Fsp3) is 0.750. The van der Waals surface area contributed by atoms with Gasteiger partial charge in [-0.3, -0.25) is 4.79 Å². The van der Waals surface area contributed by atoms with E-state index in [-0.39, 0.29) is 19.0 Å². The van der Waals surface area contributed by atoms with Crippen LogP contribution in [0.25, 0.3) is 0 Å². The summed E-state index contributed by atoms with van der Waals surface area (Å²) >= 11 is 0. The predicted octanol–water partition coefficient (Wildman–Crippen LogP) is -1.41. The summed E-state index contributed by atoms with van der Waals surface area (Å²) in [5, 5.41) is 17.1. The van der Waals surface area contributed by atoms with Crippen molar-refractivity contribution in [2.24, 2.45) is 0 Å². The van der Waals surface area contributed by atoms with Crippen molar-refractivity contribution < 1.29 is 29.3 Å². The van der Waals surface area contributed by atoms with Gasteiger partial charge in [0.15, 0.2) is 6.10 Å². The van der Waals surface area contributed by atoms with E-state index in [1.807, 2.05) is 0 Å². The van der Waals surface area contributed by atoms with Gasteiger partial charge in [-0.1, -0.05) is 0 Å². The minimum Gasteiger partial charge on any atom is -0.464 e. The zero-order valence-corrected chi connectivity index (χ0v) is 7.51. The molecule has 80 valence electrons. The maximum absolute atomic E-state index is 10.1. The molecule has 2 heterocycles. The van der Waals surface area contributed by atoms with Crippen LogP contribution in [0.5, 0.6) is 0 Å². The number of carbonyl (C=O) groups is 2. The van der Waals surface area contributed by atoms with Gasteiger partial charge >= 0.3 is 11.9 Å². The van der Waals surface area contributed by atoms with Crippen LogP contribution in [0.3, 0.4) is 0 Å². The van der Waals surface area contributed by atoms with E-state index in [2.05, 4.69) is 9.47 Å². The molecular weight excluding hydrogens is 192 g/mol. The quantitative estimate of drug-likeness (QED) is 0.471. The van der Waals surface area contributed by atoms with Gasteiger partial charge in [0, 0.05) is 6.42 Å². The molecule has 2 rings (SSSR count). The molecule has 2 aliphatic heterocycles. The summed E-state index contributed by atoms with van der Waals surface area (Å²) in [5.41, 5.74) is 0. The first-order valence-electron chi connectivity index (χ1n) is 4.28. The molecule has 0 aromatic rings. The van der Waals surface area contributed by atoms with E-state index in [0.717, 1.165) is 0 Å². The molecule has 0 aromatic heterocycles. The van der Waals surface area contributed by atoms with E-state index in [1.54, 1.807) is 0 Å². The third-order valence-corrected chi connectivity index (χ3v) is 1.75. The number of rotatable bonds is 0. The van der Waals surface area contributed by atoms with Crippen molar-refractivity contribution in [1.82, 2.24) is 0 Å². The topological polar surface area (TPSA) is 93.1 Å². The summed E-state index contributed by atoms with van der Waals surface area (Å²) in [5.74, 6) is -0.785. The molecule has 0 aromatic carbocycles. The first-order chi connectivity index (χ1) is 6.59. The van der Waals surface area contributed by atoms with Gasteiger partial charge in [0.1, 0.15) is 6.61 Å². The predicted molar refractivity (Wildman–Crippen MR) is 43.2 cm³/mol. The average Bonchev–Trinajstić information content (AvgIpc) is 2.65. The van der Waals surface area contributed by atoms with Crippen molar-refractivity contribution in [2.45, 2.75) is 25.0 Å². The Balaban J connectivity index is 0.000000140. The highest BCUT2D eigenvalue weighted by Crippen LogP contribution is 2.03. The highest BCUT2D eigenvalue weighted by atomic mass is 16.6. The lowest BCUT2D eigenvalue weighted by Crippen LogP contribution is -2.11. The average molecular weight is 204 g/mol. The zero-order chi connectivity index (χ0) is 10.6. The lowest BCUT2D eigenvalue weighted by molar-refractivity contribution is -0.144. The van der Waals surface area contributed by atoms with E-state index < -0.39 is 18.2 Å². The van der Waals surface area contributed by atoms with Gasteiger partial charge in [0.25, 0.3) is 0 Å².